The van der Waals surface area contributed by atoms with Gasteiger partial charge in [-0.15, -0.1) is 11.3 Å². The maximum Gasteiger partial charge on any atom is 0.391 e. The largest absolute Gasteiger partial charge is 0.391 e. The third-order valence-electron chi connectivity index (χ3n) is 1.53. The summed E-state index contributed by atoms with van der Waals surface area (Å²) in [4.78, 5) is 4.02. The fraction of sp³-hybridized carbons (Fsp3) is 0.625. The van der Waals surface area contributed by atoms with Crippen molar-refractivity contribution >= 4 is 16.5 Å². The standard InChI is InChI=1S/C8H11F3N2S/c1-5(3-8(9,10)11)12-7-13-6(2)4-14-7/h4-5H,3H2,1-2H3,(H,12,13). The Morgan fingerprint density at radius 1 is 1.57 bits per heavy atom. The van der Waals surface area contributed by atoms with E-state index in [9.17, 15) is 13.2 Å². The highest BCUT2D eigenvalue weighted by molar-refractivity contribution is 7.13. The van der Waals surface area contributed by atoms with Gasteiger partial charge in [-0.3, -0.25) is 0 Å². The van der Waals surface area contributed by atoms with Gasteiger partial charge in [-0.1, -0.05) is 0 Å². The number of nitrogens with zero attached hydrogens (tertiary/aromatic N) is 1. The van der Waals surface area contributed by atoms with E-state index in [0.717, 1.165) is 5.69 Å². The molecule has 1 unspecified atom stereocenters. The zero-order chi connectivity index (χ0) is 10.8. The maximum atomic E-state index is 12.0. The van der Waals surface area contributed by atoms with Crippen LogP contribution in [0.1, 0.15) is 19.0 Å². The van der Waals surface area contributed by atoms with E-state index in [-0.39, 0.29) is 0 Å². The number of aryl methyl sites for hydroxylation is 1. The molecule has 1 heterocycles. The second kappa shape index (κ2) is 4.16. The summed E-state index contributed by atoms with van der Waals surface area (Å²) in [6.07, 6.45) is -4.97. The number of thiazole rings is 1. The molecule has 1 rings (SSSR count). The summed E-state index contributed by atoms with van der Waals surface area (Å²) in [5.41, 5.74) is 0.816. The van der Waals surface area contributed by atoms with Crippen molar-refractivity contribution in [1.82, 2.24) is 4.98 Å². The van der Waals surface area contributed by atoms with Gasteiger partial charge in [0.25, 0.3) is 0 Å². The summed E-state index contributed by atoms with van der Waals surface area (Å²) < 4.78 is 35.9. The van der Waals surface area contributed by atoms with Gasteiger partial charge in [0.05, 0.1) is 12.1 Å². The van der Waals surface area contributed by atoms with Crippen molar-refractivity contribution in [3.05, 3.63) is 11.1 Å². The summed E-state index contributed by atoms with van der Waals surface area (Å²) >= 11 is 1.31. The lowest BCUT2D eigenvalue weighted by molar-refractivity contribution is -0.136. The van der Waals surface area contributed by atoms with Crippen LogP contribution in [0.4, 0.5) is 18.3 Å². The van der Waals surface area contributed by atoms with Crippen molar-refractivity contribution in [2.45, 2.75) is 32.5 Å². The fourth-order valence-corrected chi connectivity index (χ4v) is 1.83. The predicted molar refractivity (Wildman–Crippen MR) is 50.6 cm³/mol. The molecule has 0 aliphatic heterocycles. The number of nitrogens with one attached hydrogen (secondary N) is 1. The molecule has 6 heteroatoms. The maximum absolute atomic E-state index is 12.0. The number of alkyl halides is 3. The summed E-state index contributed by atoms with van der Waals surface area (Å²) in [5.74, 6) is 0. The van der Waals surface area contributed by atoms with Gasteiger partial charge in [0.1, 0.15) is 0 Å². The normalized spacial score (nSPS) is 14.1. The van der Waals surface area contributed by atoms with Crippen LogP contribution < -0.4 is 5.32 Å². The Morgan fingerprint density at radius 2 is 2.21 bits per heavy atom. The molecule has 0 aliphatic rings. The fourth-order valence-electron chi connectivity index (χ4n) is 1.03. The molecule has 14 heavy (non-hydrogen) atoms. The molecule has 0 bridgehead atoms. The lowest BCUT2D eigenvalue weighted by Gasteiger charge is -2.14. The van der Waals surface area contributed by atoms with Crippen LogP contribution >= 0.6 is 11.3 Å². The molecule has 0 fully saturated rings. The van der Waals surface area contributed by atoms with Crippen LogP contribution in [0, 0.1) is 6.92 Å². The summed E-state index contributed by atoms with van der Waals surface area (Å²) in [5, 5.41) is 5.04. The zero-order valence-corrected chi connectivity index (χ0v) is 8.67. The van der Waals surface area contributed by atoms with Crippen molar-refractivity contribution in [2.75, 3.05) is 5.32 Å². The predicted octanol–water partition coefficient (Wildman–Crippen LogP) is 3.20. The first kappa shape index (κ1) is 11.3. The van der Waals surface area contributed by atoms with Gasteiger partial charge in [-0.2, -0.15) is 13.2 Å². The van der Waals surface area contributed by atoms with Gasteiger partial charge in [0, 0.05) is 11.4 Å². The summed E-state index contributed by atoms with van der Waals surface area (Å²) in [7, 11) is 0. The van der Waals surface area contributed by atoms with E-state index in [0.29, 0.717) is 5.13 Å². The Kier molecular flexibility index (Phi) is 3.36. The Morgan fingerprint density at radius 3 is 2.64 bits per heavy atom. The SMILES string of the molecule is Cc1csc(NC(C)CC(F)(F)F)n1. The summed E-state index contributed by atoms with van der Waals surface area (Å²) in [6.45, 7) is 3.29. The number of hydrogen-bond donors (Lipinski definition) is 1. The molecule has 1 atom stereocenters. The van der Waals surface area contributed by atoms with Crippen molar-refractivity contribution in [3.63, 3.8) is 0 Å². The Bertz CT molecular complexity index is 295. The number of halogens is 3. The van der Waals surface area contributed by atoms with Crippen LogP contribution in [0.5, 0.6) is 0 Å². The smallest absolute Gasteiger partial charge is 0.359 e. The molecule has 0 aromatic carbocycles. The van der Waals surface area contributed by atoms with Gasteiger partial charge in [-0.05, 0) is 13.8 Å². The monoisotopic (exact) mass is 224 g/mol. The van der Waals surface area contributed by atoms with Gasteiger partial charge in [-0.25, -0.2) is 4.98 Å². The van der Waals surface area contributed by atoms with Crippen LogP contribution in [0.15, 0.2) is 5.38 Å². The molecule has 80 valence electrons. The van der Waals surface area contributed by atoms with E-state index < -0.39 is 18.6 Å². The van der Waals surface area contributed by atoms with E-state index in [1.54, 1.807) is 12.3 Å². The molecule has 0 amide bonds. The van der Waals surface area contributed by atoms with Gasteiger partial charge >= 0.3 is 6.18 Å². The summed E-state index contributed by atoms with van der Waals surface area (Å²) in [6, 6.07) is -0.638. The second-order valence-electron chi connectivity index (χ2n) is 3.16. The first-order valence-corrected chi connectivity index (χ1v) is 5.00. The molecule has 1 N–H and O–H groups in total. The minimum Gasteiger partial charge on any atom is -0.359 e. The Hall–Kier alpha value is -0.780. The van der Waals surface area contributed by atoms with E-state index in [1.165, 1.54) is 18.3 Å². The van der Waals surface area contributed by atoms with Crippen molar-refractivity contribution in [3.8, 4) is 0 Å². The van der Waals surface area contributed by atoms with E-state index in [1.807, 2.05) is 0 Å². The van der Waals surface area contributed by atoms with Crippen LogP contribution in [0.3, 0.4) is 0 Å². The highest BCUT2D eigenvalue weighted by Crippen LogP contribution is 2.24. The molecule has 0 radical (unpaired) electrons. The van der Waals surface area contributed by atoms with E-state index in [4.69, 9.17) is 0 Å². The highest BCUT2D eigenvalue weighted by atomic mass is 32.1. The number of aromatic nitrogens is 1. The quantitative estimate of drug-likeness (QED) is 0.852. The van der Waals surface area contributed by atoms with Crippen molar-refractivity contribution < 1.29 is 13.2 Å². The van der Waals surface area contributed by atoms with Crippen molar-refractivity contribution in [2.24, 2.45) is 0 Å². The number of rotatable bonds is 3. The zero-order valence-electron chi connectivity index (χ0n) is 7.85. The molecular formula is C8H11F3N2S. The second-order valence-corrected chi connectivity index (χ2v) is 4.02. The molecule has 0 aliphatic carbocycles. The highest BCUT2D eigenvalue weighted by Gasteiger charge is 2.30. The third-order valence-corrected chi connectivity index (χ3v) is 2.42. The van der Waals surface area contributed by atoms with E-state index >= 15 is 0 Å². The van der Waals surface area contributed by atoms with Crippen molar-refractivity contribution in [1.29, 1.82) is 0 Å². The molecule has 2 nitrogen and oxygen atoms in total. The molecule has 1 aromatic heterocycles. The topological polar surface area (TPSA) is 24.9 Å². The molecule has 0 saturated carbocycles. The van der Waals surface area contributed by atoms with Crippen LogP contribution in [-0.2, 0) is 0 Å². The van der Waals surface area contributed by atoms with Crippen LogP contribution in [0.2, 0.25) is 0 Å². The Labute approximate surface area is 84.2 Å². The average molecular weight is 224 g/mol. The van der Waals surface area contributed by atoms with Gasteiger partial charge < -0.3 is 5.32 Å². The number of anilines is 1. The lowest BCUT2D eigenvalue weighted by Crippen LogP contribution is -2.23. The molecule has 0 saturated heterocycles. The first-order valence-electron chi connectivity index (χ1n) is 4.12. The number of hydrogen-bond acceptors (Lipinski definition) is 3. The Balaban J connectivity index is 2.45. The van der Waals surface area contributed by atoms with Gasteiger partial charge in [0.2, 0.25) is 0 Å². The molecule has 0 spiro atoms. The lowest BCUT2D eigenvalue weighted by atomic mass is 10.2. The minimum atomic E-state index is -4.13. The molecular weight excluding hydrogens is 213 g/mol. The van der Waals surface area contributed by atoms with Gasteiger partial charge in [0.15, 0.2) is 5.13 Å². The molecule has 1 aromatic rings. The first-order chi connectivity index (χ1) is 6.37. The van der Waals surface area contributed by atoms with E-state index in [2.05, 4.69) is 10.3 Å². The third kappa shape index (κ3) is 3.95. The average Bonchev–Trinajstić information content (AvgIpc) is 2.30. The van der Waals surface area contributed by atoms with Crippen LogP contribution in [-0.4, -0.2) is 17.2 Å². The minimum absolute atomic E-state index is 0.541. The van der Waals surface area contributed by atoms with Crippen LogP contribution in [0.25, 0.3) is 0 Å².